The Balaban J connectivity index is 2.24. The number of likely N-dealkylation sites (tertiary alicyclic amines) is 1. The molecule has 5 atom stereocenters. The van der Waals surface area contributed by atoms with Crippen LogP contribution in [0.15, 0.2) is 61.2 Å². The first-order chi connectivity index (χ1) is 16.7. The quantitative estimate of drug-likeness (QED) is 0.343. The summed E-state index contributed by atoms with van der Waals surface area (Å²) >= 11 is 12.5. The van der Waals surface area contributed by atoms with Crippen LogP contribution in [0, 0.1) is 5.41 Å². The maximum Gasteiger partial charge on any atom is 0.416 e. The normalized spacial score (nSPS) is 25.4. The third-order valence-electron chi connectivity index (χ3n) is 7.29. The summed E-state index contributed by atoms with van der Waals surface area (Å²) in [5.41, 5.74) is -2.22. The summed E-state index contributed by atoms with van der Waals surface area (Å²) in [5.74, 6) is -0.525. The van der Waals surface area contributed by atoms with Crippen LogP contribution < -0.4 is 0 Å². The van der Waals surface area contributed by atoms with Crippen molar-refractivity contribution in [3.63, 3.8) is 0 Å². The molecule has 3 nitrogen and oxygen atoms in total. The van der Waals surface area contributed by atoms with Crippen molar-refractivity contribution in [3.8, 4) is 0 Å². The van der Waals surface area contributed by atoms with E-state index in [-0.39, 0.29) is 18.2 Å². The van der Waals surface area contributed by atoms with Crippen LogP contribution in [0.4, 0.5) is 13.2 Å². The van der Waals surface area contributed by atoms with Gasteiger partial charge in [-0.25, -0.2) is 0 Å². The lowest BCUT2D eigenvalue weighted by atomic mass is 9.66. The second-order valence-corrected chi connectivity index (χ2v) is 11.0. The first-order valence-corrected chi connectivity index (χ1v) is 12.7. The van der Waals surface area contributed by atoms with Gasteiger partial charge in [0.1, 0.15) is 0 Å². The van der Waals surface area contributed by atoms with Crippen LogP contribution in [0.3, 0.4) is 0 Å². The summed E-state index contributed by atoms with van der Waals surface area (Å²) in [5, 5.41) is 11.4. The summed E-state index contributed by atoms with van der Waals surface area (Å²) in [6.07, 6.45) is -2.77. The number of amides is 1. The Morgan fingerprint density at radius 3 is 2.33 bits per heavy atom. The molecule has 0 aliphatic carbocycles. The van der Waals surface area contributed by atoms with Gasteiger partial charge in [-0.3, -0.25) is 4.79 Å². The lowest BCUT2D eigenvalue weighted by Gasteiger charge is -2.53. The highest BCUT2D eigenvalue weighted by Gasteiger charge is 2.55. The fourth-order valence-electron chi connectivity index (χ4n) is 5.30. The number of alkyl halides is 3. The first-order valence-electron chi connectivity index (χ1n) is 12.0. The van der Waals surface area contributed by atoms with Crippen molar-refractivity contribution in [3.05, 3.63) is 82.4 Å². The molecule has 8 heteroatoms. The molecule has 3 unspecified atom stereocenters. The molecule has 1 aliphatic heterocycles. The first kappa shape index (κ1) is 28.5. The number of allylic oxidation sites excluding steroid dienone is 1. The zero-order valence-electron chi connectivity index (χ0n) is 20.7. The van der Waals surface area contributed by atoms with Gasteiger partial charge in [0.15, 0.2) is 5.60 Å². The van der Waals surface area contributed by atoms with Gasteiger partial charge in [0, 0.05) is 28.4 Å². The number of carbonyl (C=O) groups excluding carboxylic acids is 1. The molecule has 0 spiro atoms. The largest absolute Gasteiger partial charge is 0.416 e. The zero-order chi connectivity index (χ0) is 26.9. The molecule has 0 bridgehead atoms. The lowest BCUT2D eigenvalue weighted by molar-refractivity contribution is -0.259. The van der Waals surface area contributed by atoms with Crippen LogP contribution in [0.25, 0.3) is 0 Å². The minimum absolute atomic E-state index is 0.231. The van der Waals surface area contributed by atoms with Crippen LogP contribution in [0.1, 0.15) is 69.5 Å². The van der Waals surface area contributed by atoms with Gasteiger partial charge in [-0.2, -0.15) is 13.2 Å². The number of nitrogens with zero attached hydrogens (tertiary/aromatic N) is 1. The van der Waals surface area contributed by atoms with Gasteiger partial charge < -0.3 is 10.0 Å². The Morgan fingerprint density at radius 2 is 1.81 bits per heavy atom. The maximum atomic E-state index is 14.1. The molecular weight excluding hydrogens is 510 g/mol. The summed E-state index contributed by atoms with van der Waals surface area (Å²) in [6, 6.07) is 12.9. The van der Waals surface area contributed by atoms with E-state index in [1.165, 1.54) is 0 Å². The van der Waals surface area contributed by atoms with Gasteiger partial charge in [-0.05, 0) is 61.6 Å². The molecular formula is C28H32Cl2F3NO2. The number of piperidine rings is 1. The minimum Gasteiger partial charge on any atom is -0.381 e. The van der Waals surface area contributed by atoms with E-state index in [9.17, 15) is 23.1 Å². The molecule has 0 radical (unpaired) electrons. The topological polar surface area (TPSA) is 40.5 Å². The van der Waals surface area contributed by atoms with Crippen molar-refractivity contribution in [1.29, 1.82) is 0 Å². The van der Waals surface area contributed by atoms with E-state index in [0.29, 0.717) is 22.9 Å². The van der Waals surface area contributed by atoms with E-state index in [2.05, 4.69) is 6.58 Å². The Labute approximate surface area is 220 Å². The fraction of sp³-hybridized carbons (Fsp3) is 0.464. The third kappa shape index (κ3) is 5.76. The van der Waals surface area contributed by atoms with Gasteiger partial charge >= 0.3 is 6.18 Å². The molecule has 1 saturated heterocycles. The molecule has 1 N–H and O–H groups in total. The summed E-state index contributed by atoms with van der Waals surface area (Å²) < 4.78 is 41.2. The number of benzene rings is 2. The van der Waals surface area contributed by atoms with E-state index in [1.54, 1.807) is 48.2 Å². The van der Waals surface area contributed by atoms with Gasteiger partial charge in [-0.15, -0.1) is 6.58 Å². The molecule has 0 saturated carbocycles. The van der Waals surface area contributed by atoms with Gasteiger partial charge in [0.2, 0.25) is 5.91 Å². The van der Waals surface area contributed by atoms with Crippen molar-refractivity contribution < 1.29 is 23.1 Å². The highest BCUT2D eigenvalue weighted by molar-refractivity contribution is 6.30. The average molecular weight is 542 g/mol. The number of rotatable bonds is 8. The predicted molar refractivity (Wildman–Crippen MR) is 138 cm³/mol. The Morgan fingerprint density at radius 1 is 1.17 bits per heavy atom. The molecule has 36 heavy (non-hydrogen) atoms. The monoisotopic (exact) mass is 541 g/mol. The van der Waals surface area contributed by atoms with E-state index < -0.39 is 35.7 Å². The number of carbonyl (C=O) groups is 1. The van der Waals surface area contributed by atoms with Crippen molar-refractivity contribution in [1.82, 2.24) is 4.90 Å². The highest BCUT2D eigenvalue weighted by atomic mass is 35.5. The fourth-order valence-corrected chi connectivity index (χ4v) is 5.63. The Kier molecular flexibility index (Phi) is 8.54. The van der Waals surface area contributed by atoms with Crippen LogP contribution in [0.2, 0.25) is 10.0 Å². The highest BCUT2D eigenvalue weighted by Crippen LogP contribution is 2.53. The van der Waals surface area contributed by atoms with E-state index in [4.69, 9.17) is 23.2 Å². The van der Waals surface area contributed by atoms with Crippen LogP contribution in [-0.2, 0) is 4.79 Å². The molecule has 1 heterocycles. The van der Waals surface area contributed by atoms with Crippen molar-refractivity contribution in [2.45, 2.75) is 76.2 Å². The van der Waals surface area contributed by atoms with E-state index in [0.717, 1.165) is 18.1 Å². The molecule has 3 rings (SSSR count). The standard InChI is InChI=1S/C28H32Cl2F3NO2/c1-5-14-26(3)17-23(19-8-7-9-21(30)15-19)24(18-10-12-20(29)13-11-18)34(25(26)35)22(6-2)16-27(4,36)28(31,32)33/h5,7-13,15,22-24,36H,1,6,14,16-17H2,2-4H3/t22?,23?,24?,26-,27+/m0/s1. The second kappa shape index (κ2) is 10.8. The van der Waals surface area contributed by atoms with E-state index in [1.807, 2.05) is 25.1 Å². The Hall–Kier alpha value is -2.02. The number of aliphatic hydroxyl groups is 1. The number of hydrogen-bond donors (Lipinski definition) is 1. The van der Waals surface area contributed by atoms with Gasteiger partial charge in [0.05, 0.1) is 11.5 Å². The lowest BCUT2D eigenvalue weighted by Crippen LogP contribution is -2.58. The summed E-state index contributed by atoms with van der Waals surface area (Å²) in [4.78, 5) is 15.7. The van der Waals surface area contributed by atoms with Crippen molar-refractivity contribution >= 4 is 29.1 Å². The second-order valence-electron chi connectivity index (χ2n) is 10.2. The Bertz CT molecular complexity index is 1090. The number of halogens is 5. The molecule has 1 amide bonds. The maximum absolute atomic E-state index is 14.1. The van der Waals surface area contributed by atoms with Crippen LogP contribution >= 0.6 is 23.2 Å². The smallest absolute Gasteiger partial charge is 0.381 e. The summed E-state index contributed by atoms with van der Waals surface area (Å²) in [7, 11) is 0. The molecule has 1 fully saturated rings. The molecule has 1 aliphatic rings. The molecule has 2 aromatic rings. The van der Waals surface area contributed by atoms with Crippen LogP contribution in [-0.4, -0.2) is 33.7 Å². The van der Waals surface area contributed by atoms with Gasteiger partial charge in [-0.1, -0.05) is 67.4 Å². The summed E-state index contributed by atoms with van der Waals surface area (Å²) in [6.45, 7) is 8.14. The zero-order valence-corrected chi connectivity index (χ0v) is 22.2. The van der Waals surface area contributed by atoms with Crippen molar-refractivity contribution in [2.24, 2.45) is 5.41 Å². The molecule has 2 aromatic carbocycles. The molecule has 0 aromatic heterocycles. The minimum atomic E-state index is -4.84. The average Bonchev–Trinajstić information content (AvgIpc) is 2.79. The van der Waals surface area contributed by atoms with Crippen molar-refractivity contribution in [2.75, 3.05) is 0 Å². The van der Waals surface area contributed by atoms with Crippen LogP contribution in [0.5, 0.6) is 0 Å². The molecule has 196 valence electrons. The number of hydrogen-bond acceptors (Lipinski definition) is 2. The predicted octanol–water partition coefficient (Wildman–Crippen LogP) is 8.12. The SMILES string of the molecule is C=CC[C@@]1(C)CC(c2cccc(Cl)c2)C(c2ccc(Cl)cc2)N(C(CC)C[C@@](C)(O)C(F)(F)F)C1=O. The van der Waals surface area contributed by atoms with E-state index >= 15 is 0 Å². The third-order valence-corrected chi connectivity index (χ3v) is 7.78. The van der Waals surface area contributed by atoms with Gasteiger partial charge in [0.25, 0.3) is 0 Å².